The third-order valence-electron chi connectivity index (χ3n) is 0.710. The van der Waals surface area contributed by atoms with Crippen LogP contribution < -0.4 is 0 Å². The van der Waals surface area contributed by atoms with Crippen molar-refractivity contribution in [3.63, 3.8) is 0 Å². The van der Waals surface area contributed by atoms with Crippen molar-refractivity contribution < 1.29 is 27.4 Å². The number of aliphatic hydroxyl groups is 2. The predicted molar refractivity (Wildman–Crippen MR) is 55.2 cm³/mol. The molecule has 0 aromatic rings. The van der Waals surface area contributed by atoms with Gasteiger partial charge in [-0.2, -0.15) is 8.42 Å². The smallest absolute Gasteiger partial charge is 0.358 e. The number of rotatable bonds is 3. The zero-order valence-electron chi connectivity index (χ0n) is 8.97. The molecule has 0 saturated heterocycles. The molecular weight excluding hydrogens is 235 g/mol. The zero-order valence-corrected chi connectivity index (χ0v) is 11.8. The molecule has 0 fully saturated rings. The van der Waals surface area contributed by atoms with Gasteiger partial charge in [-0.05, 0) is 19.3 Å². The van der Waals surface area contributed by atoms with Crippen molar-refractivity contribution in [1.82, 2.24) is 0 Å². The van der Waals surface area contributed by atoms with Gasteiger partial charge in [0.2, 0.25) is 6.29 Å². The van der Waals surface area contributed by atoms with Crippen LogP contribution in [0.5, 0.6) is 0 Å². The van der Waals surface area contributed by atoms with Gasteiger partial charge in [-0.15, -0.1) is 5.92 Å². The molecule has 0 aromatic heterocycles. The third-order valence-corrected chi connectivity index (χ3v) is 1.17. The van der Waals surface area contributed by atoms with E-state index in [2.05, 4.69) is 16.0 Å². The van der Waals surface area contributed by atoms with Crippen molar-refractivity contribution in [2.45, 2.75) is 26.6 Å². The van der Waals surface area contributed by atoms with Gasteiger partial charge >= 0.3 is 10.4 Å². The first-order valence-corrected chi connectivity index (χ1v) is 5.10. The molecule has 0 aliphatic carbocycles. The van der Waals surface area contributed by atoms with Gasteiger partial charge < -0.3 is 10.2 Å². The molecule has 85 valence electrons. The van der Waals surface area contributed by atoms with E-state index in [-0.39, 0.29) is 36.2 Å². The molecule has 6 nitrogen and oxygen atoms in total. The van der Waals surface area contributed by atoms with Crippen molar-refractivity contribution in [3.05, 3.63) is 0 Å². The summed E-state index contributed by atoms with van der Waals surface area (Å²) in [5, 5.41) is 15.9. The molecule has 8 heteroatoms. The van der Waals surface area contributed by atoms with Crippen molar-refractivity contribution in [3.8, 4) is 11.8 Å². The summed E-state index contributed by atoms with van der Waals surface area (Å²) in [7, 11) is -4.19. The van der Waals surface area contributed by atoms with Crippen LogP contribution in [0.4, 0.5) is 0 Å². The van der Waals surface area contributed by atoms with E-state index in [1.54, 1.807) is 13.8 Å². The molecule has 0 aromatic carbocycles. The van der Waals surface area contributed by atoms with Crippen LogP contribution in [0.3, 0.4) is 0 Å². The fourth-order valence-electron chi connectivity index (χ4n) is 0.318. The second-order valence-corrected chi connectivity index (χ2v) is 3.11. The normalized spacial score (nSPS) is 9.20. The maximum atomic E-state index is 9.72. The summed E-state index contributed by atoms with van der Waals surface area (Å²) >= 11 is 0. The maximum absolute atomic E-state index is 9.72. The first-order chi connectivity index (χ1) is 6.33. The SMILES string of the molecule is CC#CC(O)O.CCCOS(=O)(=O)O.[Na]. The molecule has 0 spiro atoms. The van der Waals surface area contributed by atoms with Gasteiger partial charge in [0.1, 0.15) is 0 Å². The quantitative estimate of drug-likeness (QED) is 0.261. The number of hydrogen-bond acceptors (Lipinski definition) is 5. The largest absolute Gasteiger partial charge is 0.397 e. The molecule has 0 unspecified atom stereocenters. The van der Waals surface area contributed by atoms with Gasteiger partial charge in [-0.25, -0.2) is 4.18 Å². The Morgan fingerprint density at radius 1 is 1.40 bits per heavy atom. The molecule has 0 aliphatic rings. The fourth-order valence-corrected chi connectivity index (χ4v) is 0.695. The standard InChI is InChI=1S/C4H6O2.C3H8O4S.Na/c1-2-3-4(5)6;1-2-3-7-8(4,5)6;/h4-6H,1H3;2-3H2,1H3,(H,4,5,6);. The molecule has 0 aliphatic heterocycles. The summed E-state index contributed by atoms with van der Waals surface area (Å²) < 4.78 is 31.3. The summed E-state index contributed by atoms with van der Waals surface area (Å²) in [5.74, 6) is 4.39. The van der Waals surface area contributed by atoms with Crippen LogP contribution in [0.2, 0.25) is 0 Å². The minimum absolute atomic E-state index is 0. The van der Waals surface area contributed by atoms with Crippen molar-refractivity contribution in [1.29, 1.82) is 0 Å². The topological polar surface area (TPSA) is 104 Å². The Labute approximate surface area is 112 Å². The second kappa shape index (κ2) is 12.4. The Hall–Kier alpha value is 0.350. The van der Waals surface area contributed by atoms with Crippen molar-refractivity contribution >= 4 is 40.0 Å². The Bertz CT molecular complexity index is 276. The molecule has 0 rings (SSSR count). The van der Waals surface area contributed by atoms with Crippen LogP contribution in [-0.2, 0) is 14.6 Å². The van der Waals surface area contributed by atoms with Gasteiger partial charge in [0.15, 0.2) is 0 Å². The molecular formula is C7H14NaO6S. The number of hydrogen-bond donors (Lipinski definition) is 3. The van der Waals surface area contributed by atoms with E-state index in [4.69, 9.17) is 14.8 Å². The van der Waals surface area contributed by atoms with Gasteiger partial charge in [-0.3, -0.25) is 4.55 Å². The van der Waals surface area contributed by atoms with Crippen molar-refractivity contribution in [2.24, 2.45) is 0 Å². The molecule has 0 heterocycles. The van der Waals surface area contributed by atoms with Crippen LogP contribution in [0, 0.1) is 11.8 Å². The maximum Gasteiger partial charge on any atom is 0.397 e. The molecule has 0 amide bonds. The van der Waals surface area contributed by atoms with Gasteiger partial charge in [0.25, 0.3) is 0 Å². The summed E-state index contributed by atoms with van der Waals surface area (Å²) in [4.78, 5) is 0. The average molecular weight is 249 g/mol. The molecule has 15 heavy (non-hydrogen) atoms. The third kappa shape index (κ3) is 31.4. The summed E-state index contributed by atoms with van der Waals surface area (Å²) in [6.45, 7) is 3.32. The van der Waals surface area contributed by atoms with Crippen LogP contribution >= 0.6 is 0 Å². The summed E-state index contributed by atoms with van der Waals surface area (Å²) in [5.41, 5.74) is 0. The molecule has 0 saturated carbocycles. The Morgan fingerprint density at radius 3 is 1.93 bits per heavy atom. The van der Waals surface area contributed by atoms with Gasteiger partial charge in [0, 0.05) is 29.6 Å². The minimum atomic E-state index is -4.19. The van der Waals surface area contributed by atoms with E-state index in [9.17, 15) is 8.42 Å². The van der Waals surface area contributed by atoms with E-state index in [0.29, 0.717) is 6.42 Å². The Kier molecular flexibility index (Phi) is 17.2. The Balaban J connectivity index is -0.000000187. The summed E-state index contributed by atoms with van der Waals surface area (Å²) in [6.07, 6.45) is -0.894. The van der Waals surface area contributed by atoms with E-state index in [1.165, 1.54) is 0 Å². The number of aliphatic hydroxyl groups excluding tert-OH is 1. The van der Waals surface area contributed by atoms with Crippen LogP contribution in [0.1, 0.15) is 20.3 Å². The monoisotopic (exact) mass is 249 g/mol. The van der Waals surface area contributed by atoms with Gasteiger partial charge in [0.05, 0.1) is 6.61 Å². The molecule has 3 N–H and O–H groups in total. The summed E-state index contributed by atoms with van der Waals surface area (Å²) in [6, 6.07) is 0. The van der Waals surface area contributed by atoms with Gasteiger partial charge in [-0.1, -0.05) is 6.92 Å². The first-order valence-electron chi connectivity index (χ1n) is 3.73. The van der Waals surface area contributed by atoms with Crippen molar-refractivity contribution in [2.75, 3.05) is 6.61 Å². The minimum Gasteiger partial charge on any atom is -0.358 e. The van der Waals surface area contributed by atoms with E-state index in [0.717, 1.165) is 0 Å². The predicted octanol–water partition coefficient (Wildman–Crippen LogP) is -0.845. The molecule has 0 bridgehead atoms. The second-order valence-electron chi connectivity index (χ2n) is 2.02. The molecule has 0 atom stereocenters. The fraction of sp³-hybridized carbons (Fsp3) is 0.714. The van der Waals surface area contributed by atoms with E-state index < -0.39 is 16.7 Å². The molecule has 1 radical (unpaired) electrons. The van der Waals surface area contributed by atoms with E-state index >= 15 is 0 Å². The van der Waals surface area contributed by atoms with Crippen LogP contribution in [-0.4, -0.2) is 65.6 Å². The average Bonchev–Trinajstić information content (AvgIpc) is 2.00. The Morgan fingerprint density at radius 2 is 1.87 bits per heavy atom. The van der Waals surface area contributed by atoms with E-state index in [1.807, 2.05) is 0 Å². The zero-order chi connectivity index (χ0) is 11.6. The van der Waals surface area contributed by atoms with Crippen LogP contribution in [0.15, 0.2) is 0 Å². The van der Waals surface area contributed by atoms with Crippen LogP contribution in [0.25, 0.3) is 0 Å². The first kappa shape index (κ1) is 20.7.